The van der Waals surface area contributed by atoms with Gasteiger partial charge in [-0.3, -0.25) is 4.79 Å². The fourth-order valence-electron chi connectivity index (χ4n) is 1.38. The number of ketones is 1. The Morgan fingerprint density at radius 1 is 1.50 bits per heavy atom. The molecule has 1 aromatic rings. The minimum absolute atomic E-state index is 0.00579. The number of Topliss-reactive ketones (excluding diaryl/α,β-unsaturated/α-hetero) is 1. The van der Waals surface area contributed by atoms with Crippen molar-refractivity contribution in [3.05, 3.63) is 17.0 Å². The van der Waals surface area contributed by atoms with E-state index in [0.29, 0.717) is 23.4 Å². The number of aromatic nitrogens is 1. The lowest BCUT2D eigenvalue weighted by Crippen LogP contribution is -2.34. The summed E-state index contributed by atoms with van der Waals surface area (Å²) in [5.41, 5.74) is 6.49. The molecule has 0 aliphatic carbocycles. The molecule has 0 radical (unpaired) electrons. The van der Waals surface area contributed by atoms with Crippen molar-refractivity contribution < 1.29 is 9.32 Å². The van der Waals surface area contributed by atoms with Gasteiger partial charge in [0, 0.05) is 12.0 Å². The fourth-order valence-corrected chi connectivity index (χ4v) is 1.38. The van der Waals surface area contributed by atoms with Crippen LogP contribution >= 0.6 is 0 Å². The largest absolute Gasteiger partial charge is 0.361 e. The van der Waals surface area contributed by atoms with Crippen LogP contribution in [0.2, 0.25) is 0 Å². The van der Waals surface area contributed by atoms with Gasteiger partial charge in [0.25, 0.3) is 0 Å². The van der Waals surface area contributed by atoms with E-state index in [1.165, 1.54) is 0 Å². The quantitative estimate of drug-likeness (QED) is 0.745. The molecule has 0 aliphatic rings. The van der Waals surface area contributed by atoms with Crippen LogP contribution in [-0.4, -0.2) is 16.5 Å². The Bertz CT molecular complexity index is 328. The maximum atomic E-state index is 11.8. The van der Waals surface area contributed by atoms with E-state index in [0.717, 1.165) is 0 Å². The van der Waals surface area contributed by atoms with Crippen LogP contribution in [-0.2, 0) is 0 Å². The lowest BCUT2D eigenvalue weighted by Gasteiger charge is -2.16. The Hall–Kier alpha value is -1.16. The first-order chi connectivity index (χ1) is 6.31. The Morgan fingerprint density at radius 2 is 2.07 bits per heavy atom. The SMILES string of the molecule is Cc1noc(C)c1C(=O)CC(C)(C)N. The summed E-state index contributed by atoms with van der Waals surface area (Å²) < 4.78 is 4.92. The normalized spacial score (nSPS) is 11.8. The van der Waals surface area contributed by atoms with Gasteiger partial charge in [0.2, 0.25) is 0 Å². The van der Waals surface area contributed by atoms with Crippen LogP contribution < -0.4 is 5.73 Å². The second-order valence-corrected chi connectivity index (χ2v) is 4.29. The number of nitrogens with zero attached hydrogens (tertiary/aromatic N) is 1. The van der Waals surface area contributed by atoms with Crippen molar-refractivity contribution in [3.8, 4) is 0 Å². The summed E-state index contributed by atoms with van der Waals surface area (Å²) in [7, 11) is 0. The summed E-state index contributed by atoms with van der Waals surface area (Å²) in [5.74, 6) is 0.561. The van der Waals surface area contributed by atoms with Gasteiger partial charge >= 0.3 is 0 Å². The van der Waals surface area contributed by atoms with Gasteiger partial charge in [0.15, 0.2) is 5.78 Å². The van der Waals surface area contributed by atoms with Crippen LogP contribution in [0.1, 0.15) is 42.1 Å². The van der Waals surface area contributed by atoms with Gasteiger partial charge in [-0.25, -0.2) is 0 Å². The second kappa shape index (κ2) is 3.53. The first-order valence-corrected chi connectivity index (χ1v) is 4.56. The van der Waals surface area contributed by atoms with Crippen molar-refractivity contribution in [2.75, 3.05) is 0 Å². The average molecular weight is 196 g/mol. The van der Waals surface area contributed by atoms with E-state index in [9.17, 15) is 4.79 Å². The van der Waals surface area contributed by atoms with Crippen molar-refractivity contribution in [2.24, 2.45) is 5.73 Å². The van der Waals surface area contributed by atoms with Gasteiger partial charge in [0.05, 0.1) is 11.3 Å². The number of nitrogens with two attached hydrogens (primary N) is 1. The molecular formula is C10H16N2O2. The number of carbonyl (C=O) groups is 1. The number of carbonyl (C=O) groups excluding carboxylic acids is 1. The molecule has 0 spiro atoms. The van der Waals surface area contributed by atoms with E-state index in [2.05, 4.69) is 5.16 Å². The molecule has 4 nitrogen and oxygen atoms in total. The van der Waals surface area contributed by atoms with Gasteiger partial charge in [-0.2, -0.15) is 0 Å². The molecule has 0 aromatic carbocycles. The third kappa shape index (κ3) is 2.42. The number of aryl methyl sites for hydroxylation is 2. The summed E-state index contributed by atoms with van der Waals surface area (Å²) in [6.45, 7) is 7.14. The van der Waals surface area contributed by atoms with E-state index in [4.69, 9.17) is 10.3 Å². The second-order valence-electron chi connectivity index (χ2n) is 4.29. The zero-order valence-electron chi connectivity index (χ0n) is 9.05. The first-order valence-electron chi connectivity index (χ1n) is 4.56. The topological polar surface area (TPSA) is 69.1 Å². The lowest BCUT2D eigenvalue weighted by atomic mass is 9.95. The summed E-state index contributed by atoms with van der Waals surface area (Å²) >= 11 is 0. The molecule has 0 unspecified atom stereocenters. The molecule has 0 bridgehead atoms. The Labute approximate surface area is 83.5 Å². The fraction of sp³-hybridized carbons (Fsp3) is 0.600. The van der Waals surface area contributed by atoms with E-state index >= 15 is 0 Å². The van der Waals surface area contributed by atoms with E-state index in [-0.39, 0.29) is 5.78 Å². The molecule has 0 fully saturated rings. The zero-order valence-corrected chi connectivity index (χ0v) is 9.05. The number of hydrogen-bond donors (Lipinski definition) is 1. The molecule has 1 aromatic heterocycles. The van der Waals surface area contributed by atoms with Gasteiger partial charge < -0.3 is 10.3 Å². The van der Waals surface area contributed by atoms with Crippen LogP contribution in [0.5, 0.6) is 0 Å². The summed E-state index contributed by atoms with van der Waals surface area (Å²) in [6.07, 6.45) is 0.301. The third-order valence-electron chi connectivity index (χ3n) is 1.93. The Kier molecular flexibility index (Phi) is 2.76. The minimum Gasteiger partial charge on any atom is -0.361 e. The summed E-state index contributed by atoms with van der Waals surface area (Å²) in [5, 5.41) is 3.73. The highest BCUT2D eigenvalue weighted by molar-refractivity contribution is 5.98. The highest BCUT2D eigenvalue weighted by Gasteiger charge is 2.23. The van der Waals surface area contributed by atoms with E-state index in [1.807, 2.05) is 13.8 Å². The highest BCUT2D eigenvalue weighted by atomic mass is 16.5. The van der Waals surface area contributed by atoms with Crippen molar-refractivity contribution in [2.45, 2.75) is 39.7 Å². The third-order valence-corrected chi connectivity index (χ3v) is 1.93. The van der Waals surface area contributed by atoms with Crippen molar-refractivity contribution in [3.63, 3.8) is 0 Å². The van der Waals surface area contributed by atoms with Crippen LogP contribution in [0.4, 0.5) is 0 Å². The monoisotopic (exact) mass is 196 g/mol. The molecule has 4 heteroatoms. The van der Waals surface area contributed by atoms with Gasteiger partial charge in [0.1, 0.15) is 5.76 Å². The predicted octanol–water partition coefficient (Wildman–Crippen LogP) is 1.60. The molecule has 0 amide bonds. The Balaban J connectivity index is 2.90. The molecule has 78 valence electrons. The molecule has 0 saturated carbocycles. The molecule has 2 N–H and O–H groups in total. The van der Waals surface area contributed by atoms with Crippen molar-refractivity contribution in [1.82, 2.24) is 5.16 Å². The predicted molar refractivity (Wildman–Crippen MR) is 53.2 cm³/mol. The molecule has 14 heavy (non-hydrogen) atoms. The molecule has 1 rings (SSSR count). The van der Waals surface area contributed by atoms with Crippen LogP contribution in [0.25, 0.3) is 0 Å². The minimum atomic E-state index is -0.493. The Morgan fingerprint density at radius 3 is 2.43 bits per heavy atom. The van der Waals surface area contributed by atoms with Gasteiger partial charge in [-0.15, -0.1) is 0 Å². The maximum absolute atomic E-state index is 11.8. The molecule has 0 aliphatic heterocycles. The molecule has 1 heterocycles. The van der Waals surface area contributed by atoms with Gasteiger partial charge in [-0.1, -0.05) is 5.16 Å². The maximum Gasteiger partial charge on any atom is 0.170 e. The zero-order chi connectivity index (χ0) is 10.9. The summed E-state index contributed by atoms with van der Waals surface area (Å²) in [6, 6.07) is 0. The molecular weight excluding hydrogens is 180 g/mol. The van der Waals surface area contributed by atoms with Crippen LogP contribution in [0.15, 0.2) is 4.52 Å². The van der Waals surface area contributed by atoms with Crippen molar-refractivity contribution >= 4 is 5.78 Å². The van der Waals surface area contributed by atoms with Crippen LogP contribution in [0, 0.1) is 13.8 Å². The van der Waals surface area contributed by atoms with Crippen molar-refractivity contribution in [1.29, 1.82) is 0 Å². The molecule has 0 atom stereocenters. The average Bonchev–Trinajstić information content (AvgIpc) is 2.27. The highest BCUT2D eigenvalue weighted by Crippen LogP contribution is 2.17. The standard InChI is InChI=1S/C10H16N2O2/c1-6-9(7(2)14-12-6)8(13)5-10(3,4)11/h5,11H2,1-4H3. The molecule has 0 saturated heterocycles. The number of rotatable bonds is 3. The number of hydrogen-bond acceptors (Lipinski definition) is 4. The first kappa shape index (κ1) is 10.9. The van der Waals surface area contributed by atoms with E-state index < -0.39 is 5.54 Å². The lowest BCUT2D eigenvalue weighted by molar-refractivity contribution is 0.0958. The van der Waals surface area contributed by atoms with Crippen LogP contribution in [0.3, 0.4) is 0 Å². The van der Waals surface area contributed by atoms with E-state index in [1.54, 1.807) is 13.8 Å². The smallest absolute Gasteiger partial charge is 0.170 e. The van der Waals surface area contributed by atoms with Gasteiger partial charge in [-0.05, 0) is 27.7 Å². The summed E-state index contributed by atoms with van der Waals surface area (Å²) in [4.78, 5) is 11.8.